The first-order valence-electron chi connectivity index (χ1n) is 15.5. The zero-order valence-corrected chi connectivity index (χ0v) is 26.4. The summed E-state index contributed by atoms with van der Waals surface area (Å²) in [5, 5.41) is 0. The molecule has 0 radical (unpaired) electrons. The van der Waals surface area contributed by atoms with Crippen LogP contribution in [0.15, 0.2) is 67.2 Å². The Morgan fingerprint density at radius 2 is 1.70 bits per heavy atom. The van der Waals surface area contributed by atoms with Gasteiger partial charge in [0.2, 0.25) is 6.79 Å². The summed E-state index contributed by atoms with van der Waals surface area (Å²) in [4.78, 5) is 7.76. The number of hydrogen-bond donors (Lipinski definition) is 0. The number of imidazole rings is 1. The molecule has 6 nitrogen and oxygen atoms in total. The molecule has 0 N–H and O–H groups in total. The van der Waals surface area contributed by atoms with Gasteiger partial charge in [-0.05, 0) is 78.8 Å². The summed E-state index contributed by atoms with van der Waals surface area (Å²) < 4.78 is 19.3. The van der Waals surface area contributed by atoms with Gasteiger partial charge in [-0.15, -0.1) is 0 Å². The number of allylic oxidation sites excluding steroid dienone is 1. The van der Waals surface area contributed by atoms with Crippen molar-refractivity contribution in [2.24, 2.45) is 0 Å². The van der Waals surface area contributed by atoms with Gasteiger partial charge in [-0.25, -0.2) is 4.98 Å². The van der Waals surface area contributed by atoms with Crippen molar-refractivity contribution >= 4 is 5.57 Å². The van der Waals surface area contributed by atoms with Crippen molar-refractivity contribution in [3.05, 3.63) is 101 Å². The number of benzene rings is 3. The number of aromatic nitrogens is 2. The highest BCUT2D eigenvalue weighted by molar-refractivity contribution is 5.66. The van der Waals surface area contributed by atoms with E-state index in [9.17, 15) is 0 Å². The molecule has 0 saturated carbocycles. The van der Waals surface area contributed by atoms with E-state index in [4.69, 9.17) is 19.2 Å². The van der Waals surface area contributed by atoms with Crippen molar-refractivity contribution in [2.45, 2.75) is 79.6 Å². The van der Waals surface area contributed by atoms with E-state index in [1.54, 1.807) is 7.11 Å². The van der Waals surface area contributed by atoms with E-state index in [1.165, 1.54) is 27.9 Å². The third-order valence-electron chi connectivity index (χ3n) is 8.02. The van der Waals surface area contributed by atoms with Gasteiger partial charge in [0.25, 0.3) is 0 Å². The summed E-state index contributed by atoms with van der Waals surface area (Å²) in [6, 6.07) is 21.6. The molecule has 43 heavy (non-hydrogen) atoms. The second kappa shape index (κ2) is 14.0. The molecule has 226 valence electrons. The van der Waals surface area contributed by atoms with Gasteiger partial charge in [-0.2, -0.15) is 0 Å². The fourth-order valence-electron chi connectivity index (χ4n) is 5.89. The molecule has 0 unspecified atom stereocenters. The molecule has 1 aliphatic heterocycles. The lowest BCUT2D eigenvalue weighted by Crippen LogP contribution is -2.25. The number of fused-ring (bicyclic) bond motifs is 1. The van der Waals surface area contributed by atoms with E-state index >= 15 is 0 Å². The molecule has 4 aromatic rings. The first-order chi connectivity index (χ1) is 20.9. The van der Waals surface area contributed by atoms with Crippen molar-refractivity contribution < 1.29 is 14.2 Å². The highest BCUT2D eigenvalue weighted by atomic mass is 16.7. The molecular formula is C37H45N3O3. The van der Waals surface area contributed by atoms with Crippen LogP contribution in [0.5, 0.6) is 17.2 Å². The van der Waals surface area contributed by atoms with Crippen LogP contribution >= 0.6 is 0 Å². The molecule has 0 fully saturated rings. The lowest BCUT2D eigenvalue weighted by Gasteiger charge is -2.25. The minimum atomic E-state index is 0.272. The van der Waals surface area contributed by atoms with Gasteiger partial charge in [0.05, 0.1) is 18.5 Å². The Kier molecular flexibility index (Phi) is 9.88. The van der Waals surface area contributed by atoms with Gasteiger partial charge in [0.15, 0.2) is 11.5 Å². The smallest absolute Gasteiger partial charge is 0.231 e. The molecule has 1 aliphatic rings. The Labute approximate surface area is 256 Å². The number of unbranched alkanes of at least 4 members (excludes halogenated alkanes) is 1. The van der Waals surface area contributed by atoms with Crippen LogP contribution in [0.25, 0.3) is 17.0 Å². The van der Waals surface area contributed by atoms with Gasteiger partial charge < -0.3 is 18.8 Å². The molecule has 5 rings (SSSR count). The van der Waals surface area contributed by atoms with Crippen LogP contribution < -0.4 is 14.2 Å². The first kappa shape index (κ1) is 30.4. The maximum absolute atomic E-state index is 5.71. The minimum Gasteiger partial charge on any atom is -0.496 e. The van der Waals surface area contributed by atoms with E-state index in [2.05, 4.69) is 98.3 Å². The normalized spacial score (nSPS) is 12.2. The van der Waals surface area contributed by atoms with Crippen LogP contribution in [-0.2, 0) is 32.6 Å². The average Bonchev–Trinajstić information content (AvgIpc) is 3.61. The van der Waals surface area contributed by atoms with Gasteiger partial charge in [0.1, 0.15) is 11.6 Å². The van der Waals surface area contributed by atoms with E-state index in [-0.39, 0.29) is 6.79 Å². The van der Waals surface area contributed by atoms with Crippen LogP contribution in [0, 0.1) is 6.92 Å². The number of nitrogens with zero attached hydrogens (tertiary/aromatic N) is 3. The Morgan fingerprint density at radius 1 is 0.930 bits per heavy atom. The molecule has 2 heterocycles. The molecule has 1 aromatic heterocycles. The molecule has 0 bridgehead atoms. The zero-order valence-electron chi connectivity index (χ0n) is 26.4. The monoisotopic (exact) mass is 579 g/mol. The van der Waals surface area contributed by atoms with Gasteiger partial charge in [-0.3, -0.25) is 4.90 Å². The topological polar surface area (TPSA) is 48.8 Å². The standard InChI is InChI=1S/C37H45N3O3/c1-7-9-18-40-32(36(26(3)4)38-37(40)31-13-10-12-28(20-31)11-8-2)24-39(22-29-14-16-33(41-6)27(5)19-29)23-30-15-17-34-35(21-30)43-25-42-34/h10,12-17,19-21H,3,7-9,11,18,22-25H2,1-2,4-6H3. The average molecular weight is 580 g/mol. The number of aryl methyl sites for hydroxylation is 2. The largest absolute Gasteiger partial charge is 0.496 e. The first-order valence-corrected chi connectivity index (χ1v) is 15.5. The van der Waals surface area contributed by atoms with Crippen LogP contribution in [-0.4, -0.2) is 28.4 Å². The highest BCUT2D eigenvalue weighted by Gasteiger charge is 2.23. The predicted octanol–water partition coefficient (Wildman–Crippen LogP) is 8.58. The van der Waals surface area contributed by atoms with E-state index in [0.29, 0.717) is 0 Å². The van der Waals surface area contributed by atoms with Crippen LogP contribution in [0.1, 0.15) is 73.7 Å². The second-order valence-electron chi connectivity index (χ2n) is 11.6. The van der Waals surface area contributed by atoms with Crippen LogP contribution in [0.3, 0.4) is 0 Å². The summed E-state index contributed by atoms with van der Waals surface area (Å²) >= 11 is 0. The highest BCUT2D eigenvalue weighted by Crippen LogP contribution is 2.34. The maximum Gasteiger partial charge on any atom is 0.231 e. The van der Waals surface area contributed by atoms with Crippen molar-refractivity contribution in [3.63, 3.8) is 0 Å². The Bertz CT molecular complexity index is 1570. The van der Waals surface area contributed by atoms with Gasteiger partial charge >= 0.3 is 0 Å². The lowest BCUT2D eigenvalue weighted by atomic mass is 10.1. The zero-order chi connectivity index (χ0) is 30.3. The molecule has 6 heteroatoms. The number of hydrogen-bond acceptors (Lipinski definition) is 5. The fraction of sp³-hybridized carbons (Fsp3) is 0.378. The molecule has 0 spiro atoms. The third-order valence-corrected chi connectivity index (χ3v) is 8.02. The summed E-state index contributed by atoms with van der Waals surface area (Å²) in [5.41, 5.74) is 9.26. The molecular weight excluding hydrogens is 534 g/mol. The Morgan fingerprint density at radius 3 is 2.42 bits per heavy atom. The van der Waals surface area contributed by atoms with Crippen LogP contribution in [0.4, 0.5) is 0 Å². The molecule has 0 saturated heterocycles. The molecule has 3 aromatic carbocycles. The molecule has 0 aliphatic carbocycles. The van der Waals surface area contributed by atoms with Crippen molar-refractivity contribution in [1.29, 1.82) is 0 Å². The van der Waals surface area contributed by atoms with Crippen molar-refractivity contribution in [3.8, 4) is 28.6 Å². The summed E-state index contributed by atoms with van der Waals surface area (Å²) in [7, 11) is 1.72. The van der Waals surface area contributed by atoms with E-state index in [1.807, 2.05) is 6.07 Å². The van der Waals surface area contributed by atoms with E-state index in [0.717, 1.165) is 91.8 Å². The third kappa shape index (κ3) is 7.14. The molecule has 0 atom stereocenters. The number of rotatable bonds is 14. The van der Waals surface area contributed by atoms with E-state index < -0.39 is 0 Å². The second-order valence-corrected chi connectivity index (χ2v) is 11.6. The SMILES string of the molecule is C=C(C)c1nc(-c2cccc(CCC)c2)n(CCCC)c1CN(Cc1ccc(OC)c(C)c1)Cc1ccc2c(c1)OCO2. The number of methoxy groups -OCH3 is 1. The maximum atomic E-state index is 5.71. The lowest BCUT2D eigenvalue weighted by molar-refractivity contribution is 0.174. The quantitative estimate of drug-likeness (QED) is 0.150. The predicted molar refractivity (Wildman–Crippen MR) is 175 cm³/mol. The summed E-state index contributed by atoms with van der Waals surface area (Å²) in [5.74, 6) is 3.55. The van der Waals surface area contributed by atoms with Crippen LogP contribution in [0.2, 0.25) is 0 Å². The summed E-state index contributed by atoms with van der Waals surface area (Å²) in [6.45, 7) is 16.5. The minimum absolute atomic E-state index is 0.272. The molecule has 0 amide bonds. The van der Waals surface area contributed by atoms with Gasteiger partial charge in [-0.1, -0.05) is 69.7 Å². The Hall–Kier alpha value is -4.03. The Balaban J connectivity index is 1.56. The number of ether oxygens (including phenoxy) is 3. The van der Waals surface area contributed by atoms with Crippen molar-refractivity contribution in [2.75, 3.05) is 13.9 Å². The van der Waals surface area contributed by atoms with Gasteiger partial charge in [0, 0.05) is 31.7 Å². The summed E-state index contributed by atoms with van der Waals surface area (Å²) in [6.07, 6.45) is 4.38. The van der Waals surface area contributed by atoms with Crippen molar-refractivity contribution in [1.82, 2.24) is 14.5 Å². The fourth-order valence-corrected chi connectivity index (χ4v) is 5.89.